The Bertz CT molecular complexity index is 756. The van der Waals surface area contributed by atoms with Crippen LogP contribution in [0.2, 0.25) is 0 Å². The fourth-order valence-corrected chi connectivity index (χ4v) is 2.70. The van der Waals surface area contributed by atoms with Crippen LogP contribution in [0.15, 0.2) is 48.7 Å². The number of hydrogen-bond acceptors (Lipinski definition) is 4. The molecule has 1 heterocycles. The largest absolute Gasteiger partial charge is 0.619 e. The summed E-state index contributed by atoms with van der Waals surface area (Å²) < 4.78 is 6.35. The van der Waals surface area contributed by atoms with Crippen LogP contribution in [0.3, 0.4) is 0 Å². The second-order valence-corrected chi connectivity index (χ2v) is 7.46. The standard InChI is InChI=1S/C21H28N2O4/c1-21(2,3)27-20(25)22(13-10-19-9-4-5-12-23(19)26)16-18-8-6-7-17(15-18)11-14-24/h4-9,12,15,24H,10-11,13-14,16H2,1-3H3. The van der Waals surface area contributed by atoms with E-state index in [9.17, 15) is 10.0 Å². The van der Waals surface area contributed by atoms with Crippen LogP contribution >= 0.6 is 0 Å². The summed E-state index contributed by atoms with van der Waals surface area (Å²) in [5.74, 6) is 0. The van der Waals surface area contributed by atoms with E-state index in [2.05, 4.69) is 0 Å². The van der Waals surface area contributed by atoms with Crippen LogP contribution in [0.1, 0.15) is 37.6 Å². The summed E-state index contributed by atoms with van der Waals surface area (Å²) in [4.78, 5) is 14.3. The van der Waals surface area contributed by atoms with Gasteiger partial charge in [-0.15, -0.1) is 0 Å². The van der Waals surface area contributed by atoms with Gasteiger partial charge in [0.15, 0.2) is 11.9 Å². The molecule has 1 aromatic carbocycles. The van der Waals surface area contributed by atoms with Crippen molar-refractivity contribution in [1.29, 1.82) is 0 Å². The fourth-order valence-electron chi connectivity index (χ4n) is 2.70. The number of aliphatic hydroxyl groups is 1. The molecule has 1 amide bonds. The number of amides is 1. The van der Waals surface area contributed by atoms with Crippen molar-refractivity contribution in [3.63, 3.8) is 0 Å². The molecule has 1 aromatic heterocycles. The van der Waals surface area contributed by atoms with Crippen molar-refractivity contribution in [2.75, 3.05) is 13.2 Å². The van der Waals surface area contributed by atoms with Crippen LogP contribution in [0, 0.1) is 5.21 Å². The van der Waals surface area contributed by atoms with Gasteiger partial charge in [-0.05, 0) is 38.3 Å². The van der Waals surface area contributed by atoms with Gasteiger partial charge in [-0.3, -0.25) is 0 Å². The molecular weight excluding hydrogens is 344 g/mol. The van der Waals surface area contributed by atoms with E-state index < -0.39 is 11.7 Å². The van der Waals surface area contributed by atoms with Crippen LogP contribution < -0.4 is 4.73 Å². The first-order chi connectivity index (χ1) is 12.8. The molecule has 2 aromatic rings. The zero-order chi connectivity index (χ0) is 19.9. The van der Waals surface area contributed by atoms with E-state index >= 15 is 0 Å². The summed E-state index contributed by atoms with van der Waals surface area (Å²) in [5, 5.41) is 21.0. The van der Waals surface area contributed by atoms with E-state index in [4.69, 9.17) is 9.84 Å². The molecule has 6 heteroatoms. The minimum absolute atomic E-state index is 0.0801. The SMILES string of the molecule is CC(C)(C)OC(=O)N(CCc1cccc[n+]1[O-])Cc1cccc(CCO)c1. The van der Waals surface area contributed by atoms with Gasteiger partial charge in [0.2, 0.25) is 0 Å². The summed E-state index contributed by atoms with van der Waals surface area (Å²) in [6, 6.07) is 13.0. The Kier molecular flexibility index (Phi) is 7.19. The maximum absolute atomic E-state index is 12.7. The first-order valence-electron chi connectivity index (χ1n) is 9.12. The van der Waals surface area contributed by atoms with Gasteiger partial charge in [0, 0.05) is 31.8 Å². The predicted octanol–water partition coefficient (Wildman–Crippen LogP) is 2.83. The Morgan fingerprint density at radius 2 is 1.89 bits per heavy atom. The van der Waals surface area contributed by atoms with Crippen molar-refractivity contribution < 1.29 is 19.4 Å². The van der Waals surface area contributed by atoms with Crippen molar-refractivity contribution in [3.05, 3.63) is 70.7 Å². The van der Waals surface area contributed by atoms with Gasteiger partial charge >= 0.3 is 6.09 Å². The Morgan fingerprint density at radius 3 is 2.56 bits per heavy atom. The molecule has 0 aliphatic heterocycles. The molecule has 0 saturated heterocycles. The maximum Gasteiger partial charge on any atom is 0.410 e. The van der Waals surface area contributed by atoms with Gasteiger partial charge in [-0.1, -0.05) is 30.3 Å². The Balaban J connectivity index is 2.15. The second kappa shape index (κ2) is 9.37. The lowest BCUT2D eigenvalue weighted by Gasteiger charge is -2.27. The summed E-state index contributed by atoms with van der Waals surface area (Å²) in [6.07, 6.45) is 2.04. The Labute approximate surface area is 160 Å². The topological polar surface area (TPSA) is 76.7 Å². The highest BCUT2D eigenvalue weighted by Gasteiger charge is 2.23. The number of hydrogen-bond donors (Lipinski definition) is 1. The normalized spacial score (nSPS) is 11.3. The number of ether oxygens (including phenoxy) is 1. The third kappa shape index (κ3) is 6.90. The number of aliphatic hydroxyl groups excluding tert-OH is 1. The average molecular weight is 372 g/mol. The third-order valence-electron chi connectivity index (χ3n) is 3.96. The van der Waals surface area contributed by atoms with Crippen molar-refractivity contribution in [2.45, 2.75) is 45.8 Å². The fraction of sp³-hybridized carbons (Fsp3) is 0.429. The van der Waals surface area contributed by atoms with Gasteiger partial charge in [0.1, 0.15) is 5.60 Å². The highest BCUT2D eigenvalue weighted by molar-refractivity contribution is 5.68. The second-order valence-electron chi connectivity index (χ2n) is 7.46. The third-order valence-corrected chi connectivity index (χ3v) is 3.96. The minimum atomic E-state index is -0.598. The number of carbonyl (C=O) groups is 1. The summed E-state index contributed by atoms with van der Waals surface area (Å²) in [6.45, 7) is 6.30. The summed E-state index contributed by atoms with van der Waals surface area (Å²) in [7, 11) is 0. The highest BCUT2D eigenvalue weighted by atomic mass is 16.6. The van der Waals surface area contributed by atoms with E-state index in [-0.39, 0.29) is 6.61 Å². The molecule has 0 saturated carbocycles. The lowest BCUT2D eigenvalue weighted by molar-refractivity contribution is -0.614. The van der Waals surface area contributed by atoms with Gasteiger partial charge in [0.25, 0.3) is 0 Å². The lowest BCUT2D eigenvalue weighted by atomic mass is 10.1. The minimum Gasteiger partial charge on any atom is -0.619 e. The molecule has 0 unspecified atom stereocenters. The Morgan fingerprint density at radius 1 is 1.15 bits per heavy atom. The van der Waals surface area contributed by atoms with Crippen LogP contribution in [-0.2, 0) is 24.1 Å². The molecule has 6 nitrogen and oxygen atoms in total. The predicted molar refractivity (Wildman–Crippen MR) is 103 cm³/mol. The number of rotatable bonds is 7. The molecule has 1 N–H and O–H groups in total. The molecule has 27 heavy (non-hydrogen) atoms. The molecular formula is C21H28N2O4. The van der Waals surface area contributed by atoms with E-state index in [0.29, 0.717) is 31.6 Å². The summed E-state index contributed by atoms with van der Waals surface area (Å²) in [5.41, 5.74) is 1.97. The van der Waals surface area contributed by atoms with E-state index in [1.165, 1.54) is 6.20 Å². The molecule has 0 atom stereocenters. The highest BCUT2D eigenvalue weighted by Crippen LogP contribution is 2.14. The van der Waals surface area contributed by atoms with Crippen LogP contribution in [0.4, 0.5) is 4.79 Å². The van der Waals surface area contributed by atoms with Crippen LogP contribution in [0.25, 0.3) is 0 Å². The molecule has 0 spiro atoms. The van der Waals surface area contributed by atoms with Crippen molar-refractivity contribution in [3.8, 4) is 0 Å². The van der Waals surface area contributed by atoms with Crippen LogP contribution in [-0.4, -0.2) is 34.9 Å². The molecule has 0 fully saturated rings. The molecule has 0 bridgehead atoms. The van der Waals surface area contributed by atoms with E-state index in [1.54, 1.807) is 23.1 Å². The van der Waals surface area contributed by atoms with Gasteiger partial charge < -0.3 is 20.0 Å². The van der Waals surface area contributed by atoms with Gasteiger partial charge in [0.05, 0.1) is 6.42 Å². The molecule has 0 radical (unpaired) electrons. The smallest absolute Gasteiger partial charge is 0.410 e. The first kappa shape index (κ1) is 20.7. The maximum atomic E-state index is 12.7. The molecule has 0 aliphatic carbocycles. The number of carbonyl (C=O) groups excluding carboxylic acids is 1. The number of pyridine rings is 1. The molecule has 146 valence electrons. The summed E-state index contributed by atoms with van der Waals surface area (Å²) >= 11 is 0. The van der Waals surface area contributed by atoms with Crippen molar-refractivity contribution in [2.24, 2.45) is 0 Å². The number of nitrogens with zero attached hydrogens (tertiary/aromatic N) is 2. The lowest BCUT2D eigenvalue weighted by Crippen LogP contribution is -2.39. The number of aromatic nitrogens is 1. The van der Waals surface area contributed by atoms with Gasteiger partial charge in [-0.25, -0.2) is 4.79 Å². The number of benzene rings is 1. The zero-order valence-electron chi connectivity index (χ0n) is 16.2. The first-order valence-corrected chi connectivity index (χ1v) is 9.12. The quantitative estimate of drug-likeness (QED) is 0.599. The Hall–Kier alpha value is -2.60. The molecule has 0 aliphatic rings. The van der Waals surface area contributed by atoms with Crippen molar-refractivity contribution in [1.82, 2.24) is 4.90 Å². The average Bonchev–Trinajstić information content (AvgIpc) is 2.59. The van der Waals surface area contributed by atoms with E-state index in [0.717, 1.165) is 15.9 Å². The van der Waals surface area contributed by atoms with E-state index in [1.807, 2.05) is 45.0 Å². The van der Waals surface area contributed by atoms with Crippen LogP contribution in [0.5, 0.6) is 0 Å². The van der Waals surface area contributed by atoms with Gasteiger partial charge in [-0.2, -0.15) is 4.73 Å². The van der Waals surface area contributed by atoms with Crippen molar-refractivity contribution >= 4 is 6.09 Å². The monoisotopic (exact) mass is 372 g/mol. The zero-order valence-corrected chi connectivity index (χ0v) is 16.2. The molecule has 2 rings (SSSR count).